The van der Waals surface area contributed by atoms with Gasteiger partial charge in [0, 0.05) is 29.7 Å². The van der Waals surface area contributed by atoms with E-state index in [1.54, 1.807) is 13.2 Å². The van der Waals surface area contributed by atoms with E-state index in [9.17, 15) is 4.79 Å². The highest BCUT2D eigenvalue weighted by atomic mass is 16.5. The molecule has 0 spiro atoms. The number of rotatable bonds is 3. The third-order valence-corrected chi connectivity index (χ3v) is 6.10. The van der Waals surface area contributed by atoms with Crippen LogP contribution in [0.4, 0.5) is 11.4 Å². The van der Waals surface area contributed by atoms with Crippen LogP contribution in [-0.4, -0.2) is 26.1 Å². The quantitative estimate of drug-likeness (QED) is 0.688. The Kier molecular flexibility index (Phi) is 4.50. The summed E-state index contributed by atoms with van der Waals surface area (Å²) < 4.78 is 11.3. The summed E-state index contributed by atoms with van der Waals surface area (Å²) in [5.74, 6) is 0.208. The molecular formula is C24H25N3O3. The van der Waals surface area contributed by atoms with Gasteiger partial charge < -0.3 is 19.4 Å². The Morgan fingerprint density at radius 3 is 2.77 bits per heavy atom. The minimum Gasteiger partial charge on any atom is -0.495 e. The van der Waals surface area contributed by atoms with E-state index < -0.39 is 0 Å². The molecule has 0 fully saturated rings. The number of hydrogen-bond acceptors (Lipinski definition) is 5. The number of aryl methyl sites for hydroxylation is 3. The number of ether oxygens (including phenoxy) is 1. The van der Waals surface area contributed by atoms with Crippen LogP contribution in [0.2, 0.25) is 0 Å². The summed E-state index contributed by atoms with van der Waals surface area (Å²) in [6, 6.07) is 9.53. The Morgan fingerprint density at radius 2 is 1.97 bits per heavy atom. The summed E-state index contributed by atoms with van der Waals surface area (Å²) in [7, 11) is 1.57. The molecule has 3 aromatic rings. The minimum atomic E-state index is -0.373. The van der Waals surface area contributed by atoms with E-state index in [0.29, 0.717) is 11.4 Å². The average molecular weight is 403 g/mol. The number of anilines is 2. The fraction of sp³-hybridized carbons (Fsp3) is 0.333. The van der Waals surface area contributed by atoms with Gasteiger partial charge in [0.25, 0.3) is 5.91 Å². The van der Waals surface area contributed by atoms with Gasteiger partial charge in [-0.25, -0.2) is 0 Å². The van der Waals surface area contributed by atoms with Gasteiger partial charge in [-0.3, -0.25) is 10.2 Å². The first-order valence-electron chi connectivity index (χ1n) is 10.4. The van der Waals surface area contributed by atoms with Crippen molar-refractivity contribution >= 4 is 28.3 Å². The maximum absolute atomic E-state index is 13.0. The zero-order chi connectivity index (χ0) is 20.8. The molecule has 2 aliphatic heterocycles. The number of amides is 1. The van der Waals surface area contributed by atoms with Crippen LogP contribution in [0.3, 0.4) is 0 Å². The number of fused-ring (bicyclic) bond motifs is 2. The van der Waals surface area contributed by atoms with Crippen molar-refractivity contribution in [2.45, 2.75) is 32.6 Å². The Hall–Kier alpha value is -3.28. The van der Waals surface area contributed by atoms with Gasteiger partial charge in [0.1, 0.15) is 16.9 Å². The fourth-order valence-corrected chi connectivity index (χ4v) is 4.74. The molecule has 1 aromatic heterocycles. The van der Waals surface area contributed by atoms with Gasteiger partial charge >= 0.3 is 0 Å². The molecule has 6 heteroatoms. The van der Waals surface area contributed by atoms with E-state index in [4.69, 9.17) is 14.6 Å². The number of hydrogen-bond donors (Lipinski definition) is 2. The number of nitrogens with one attached hydrogen (secondary N) is 2. The standard InChI is InChI=1S/C24H25N3O3/c1-14-7-8-20(29-2)19(11-14)26-24(28)18-13-16-12-15-5-3-9-27-10-4-6-17(21(15)27)22(16)30-23(18)25/h7-8,11-13,25H,3-6,9-10H2,1-2H3,(H,26,28). The van der Waals surface area contributed by atoms with E-state index in [1.165, 1.54) is 16.8 Å². The maximum Gasteiger partial charge on any atom is 0.261 e. The van der Waals surface area contributed by atoms with Crippen LogP contribution >= 0.6 is 0 Å². The summed E-state index contributed by atoms with van der Waals surface area (Å²) in [6.07, 6.45) is 4.22. The maximum atomic E-state index is 13.0. The first kappa shape index (κ1) is 18.7. The van der Waals surface area contributed by atoms with Crippen LogP contribution in [0.15, 0.2) is 34.7 Å². The zero-order valence-corrected chi connectivity index (χ0v) is 17.3. The highest BCUT2D eigenvalue weighted by molar-refractivity contribution is 6.06. The van der Waals surface area contributed by atoms with Crippen molar-refractivity contribution in [1.29, 1.82) is 5.41 Å². The number of carbonyl (C=O) groups is 1. The zero-order valence-electron chi connectivity index (χ0n) is 17.3. The summed E-state index contributed by atoms with van der Waals surface area (Å²) >= 11 is 0. The number of benzene rings is 2. The first-order valence-corrected chi connectivity index (χ1v) is 10.4. The minimum absolute atomic E-state index is 0.115. The molecule has 2 aromatic carbocycles. The van der Waals surface area contributed by atoms with Crippen molar-refractivity contribution in [1.82, 2.24) is 0 Å². The van der Waals surface area contributed by atoms with Crippen LogP contribution in [-0.2, 0) is 12.8 Å². The molecule has 0 aliphatic carbocycles. The Balaban J connectivity index is 1.59. The normalized spacial score (nSPS) is 15.1. The fourth-order valence-electron chi connectivity index (χ4n) is 4.74. The van der Waals surface area contributed by atoms with E-state index in [-0.39, 0.29) is 17.0 Å². The third-order valence-electron chi connectivity index (χ3n) is 6.10. The lowest BCUT2D eigenvalue weighted by molar-refractivity contribution is 0.102. The first-order chi connectivity index (χ1) is 14.5. The van der Waals surface area contributed by atoms with Crippen molar-refractivity contribution in [3.05, 3.63) is 58.1 Å². The number of methoxy groups -OCH3 is 1. The lowest BCUT2D eigenvalue weighted by atomic mass is 9.90. The van der Waals surface area contributed by atoms with Crippen molar-refractivity contribution in [3.63, 3.8) is 0 Å². The van der Waals surface area contributed by atoms with E-state index in [2.05, 4.69) is 16.3 Å². The van der Waals surface area contributed by atoms with Gasteiger partial charge in [0.15, 0.2) is 0 Å². The van der Waals surface area contributed by atoms with Crippen molar-refractivity contribution in [2.75, 3.05) is 30.4 Å². The Morgan fingerprint density at radius 1 is 1.17 bits per heavy atom. The molecule has 0 bridgehead atoms. The van der Waals surface area contributed by atoms with Crippen molar-refractivity contribution < 1.29 is 13.9 Å². The molecule has 2 N–H and O–H groups in total. The average Bonchev–Trinajstić information content (AvgIpc) is 2.74. The molecule has 6 nitrogen and oxygen atoms in total. The Labute approximate surface area is 175 Å². The predicted octanol–water partition coefficient (Wildman–Crippen LogP) is 4.18. The van der Waals surface area contributed by atoms with Crippen LogP contribution in [0, 0.1) is 12.3 Å². The number of carbonyl (C=O) groups excluding carboxylic acids is 1. The monoisotopic (exact) mass is 403 g/mol. The molecule has 5 rings (SSSR count). The topological polar surface area (TPSA) is 78.6 Å². The van der Waals surface area contributed by atoms with E-state index in [1.807, 2.05) is 25.1 Å². The molecule has 0 saturated heterocycles. The highest BCUT2D eigenvalue weighted by Crippen LogP contribution is 2.39. The molecule has 0 unspecified atom stereocenters. The van der Waals surface area contributed by atoms with E-state index in [0.717, 1.165) is 55.3 Å². The van der Waals surface area contributed by atoms with Crippen LogP contribution in [0.5, 0.6) is 5.75 Å². The highest BCUT2D eigenvalue weighted by Gasteiger charge is 2.27. The van der Waals surface area contributed by atoms with Gasteiger partial charge in [0.2, 0.25) is 5.55 Å². The summed E-state index contributed by atoms with van der Waals surface area (Å²) in [4.78, 5) is 15.5. The molecular weight excluding hydrogens is 378 g/mol. The molecule has 3 heterocycles. The molecule has 30 heavy (non-hydrogen) atoms. The second-order valence-corrected chi connectivity index (χ2v) is 8.12. The van der Waals surface area contributed by atoms with Crippen LogP contribution < -0.4 is 20.5 Å². The molecule has 0 saturated carbocycles. The summed E-state index contributed by atoms with van der Waals surface area (Å²) in [6.45, 7) is 4.12. The Bertz CT molecular complexity index is 1230. The predicted molar refractivity (Wildman–Crippen MR) is 117 cm³/mol. The van der Waals surface area contributed by atoms with Gasteiger partial charge in [-0.15, -0.1) is 0 Å². The molecule has 154 valence electrons. The molecule has 1 amide bonds. The SMILES string of the molecule is COc1ccc(C)cc1NC(=O)c1cc2cc3c4c(c2oc1=N)CCCN4CCC3. The van der Waals surface area contributed by atoms with Crippen molar-refractivity contribution in [3.8, 4) is 5.75 Å². The summed E-state index contributed by atoms with van der Waals surface area (Å²) in [5, 5.41) is 12.2. The van der Waals surface area contributed by atoms with Crippen LogP contribution in [0.25, 0.3) is 11.0 Å². The van der Waals surface area contributed by atoms with Gasteiger partial charge in [-0.05, 0) is 68.0 Å². The summed E-state index contributed by atoms with van der Waals surface area (Å²) in [5.41, 5.74) is 6.25. The third kappa shape index (κ3) is 3.03. The lowest BCUT2D eigenvalue weighted by Crippen LogP contribution is -2.34. The van der Waals surface area contributed by atoms with Gasteiger partial charge in [-0.2, -0.15) is 0 Å². The van der Waals surface area contributed by atoms with Crippen LogP contribution in [0.1, 0.15) is 39.9 Å². The smallest absolute Gasteiger partial charge is 0.261 e. The largest absolute Gasteiger partial charge is 0.495 e. The van der Waals surface area contributed by atoms with Gasteiger partial charge in [0.05, 0.1) is 12.8 Å². The second kappa shape index (κ2) is 7.20. The molecule has 0 atom stereocenters. The second-order valence-electron chi connectivity index (χ2n) is 8.12. The van der Waals surface area contributed by atoms with E-state index >= 15 is 0 Å². The van der Waals surface area contributed by atoms with Crippen molar-refractivity contribution in [2.24, 2.45) is 0 Å². The van der Waals surface area contributed by atoms with Gasteiger partial charge in [-0.1, -0.05) is 6.07 Å². The molecule has 0 radical (unpaired) electrons. The number of nitrogens with zero attached hydrogens (tertiary/aromatic N) is 1. The molecule has 2 aliphatic rings. The lowest BCUT2D eigenvalue weighted by Gasteiger charge is -2.37.